The Balaban J connectivity index is 1.58. The van der Waals surface area contributed by atoms with Gasteiger partial charge in [-0.3, -0.25) is 4.79 Å². The smallest absolute Gasteiger partial charge is 0.244 e. The van der Waals surface area contributed by atoms with Crippen LogP contribution < -0.4 is 10.6 Å². The average molecular weight is 395 g/mol. The van der Waals surface area contributed by atoms with Crippen molar-refractivity contribution in [3.63, 3.8) is 0 Å². The molecule has 0 bridgehead atoms. The second-order valence-electron chi connectivity index (χ2n) is 7.52. The Morgan fingerprint density at radius 3 is 2.52 bits per heavy atom. The maximum absolute atomic E-state index is 12.7. The van der Waals surface area contributed by atoms with Crippen LogP contribution in [0.5, 0.6) is 0 Å². The highest BCUT2D eigenvalue weighted by Gasteiger charge is 2.23. The van der Waals surface area contributed by atoms with E-state index >= 15 is 0 Å². The molecule has 0 radical (unpaired) electrons. The van der Waals surface area contributed by atoms with Gasteiger partial charge in [-0.05, 0) is 37.0 Å². The highest BCUT2D eigenvalue weighted by atomic mass is 16.3. The zero-order valence-corrected chi connectivity index (χ0v) is 17.2. The van der Waals surface area contributed by atoms with Crippen molar-refractivity contribution in [2.75, 3.05) is 26.2 Å². The van der Waals surface area contributed by atoms with Gasteiger partial charge in [0.2, 0.25) is 5.91 Å². The number of fused-ring (bicyclic) bond motifs is 1. The van der Waals surface area contributed by atoms with Gasteiger partial charge in [-0.2, -0.15) is 0 Å². The third-order valence-corrected chi connectivity index (χ3v) is 5.20. The number of guanidine groups is 1. The first-order valence-electron chi connectivity index (χ1n) is 10.1. The highest BCUT2D eigenvalue weighted by Crippen LogP contribution is 2.19. The lowest BCUT2D eigenvalue weighted by molar-refractivity contribution is -0.130. The molecule has 29 heavy (non-hydrogen) atoms. The van der Waals surface area contributed by atoms with Gasteiger partial charge in [-0.15, -0.1) is 0 Å². The summed E-state index contributed by atoms with van der Waals surface area (Å²) in [5.41, 5.74) is 2.31. The Labute approximate surface area is 172 Å². The van der Waals surface area contributed by atoms with Crippen LogP contribution in [0.1, 0.15) is 30.5 Å². The fourth-order valence-electron chi connectivity index (χ4n) is 3.45. The molecule has 0 saturated heterocycles. The van der Waals surface area contributed by atoms with Crippen LogP contribution in [-0.4, -0.2) is 48.1 Å². The molecule has 6 heteroatoms. The molecule has 2 aromatic carbocycles. The Hall–Kier alpha value is -2.86. The molecule has 154 valence electrons. The van der Waals surface area contributed by atoms with E-state index in [-0.39, 0.29) is 19.0 Å². The van der Waals surface area contributed by atoms with Gasteiger partial charge in [0.15, 0.2) is 5.96 Å². The van der Waals surface area contributed by atoms with E-state index in [9.17, 15) is 9.90 Å². The number of nitrogens with zero attached hydrogens (tertiary/aromatic N) is 2. The van der Waals surface area contributed by atoms with E-state index < -0.39 is 5.60 Å². The van der Waals surface area contributed by atoms with Crippen molar-refractivity contribution in [3.8, 4) is 0 Å². The number of hydrogen-bond acceptors (Lipinski definition) is 3. The second kappa shape index (κ2) is 9.56. The van der Waals surface area contributed by atoms with Gasteiger partial charge in [-0.1, -0.05) is 54.6 Å². The molecular weight excluding hydrogens is 364 g/mol. The summed E-state index contributed by atoms with van der Waals surface area (Å²) >= 11 is 0. The molecule has 1 unspecified atom stereocenters. The summed E-state index contributed by atoms with van der Waals surface area (Å²) in [5.74, 6) is 0.529. The summed E-state index contributed by atoms with van der Waals surface area (Å²) in [6.07, 6.45) is 0.879. The average Bonchev–Trinajstić information content (AvgIpc) is 2.75. The molecule has 0 spiro atoms. The first-order valence-corrected chi connectivity index (χ1v) is 10.1. The molecule has 0 saturated carbocycles. The van der Waals surface area contributed by atoms with Gasteiger partial charge in [0.05, 0.1) is 6.54 Å². The summed E-state index contributed by atoms with van der Waals surface area (Å²) < 4.78 is 0. The zero-order valence-electron chi connectivity index (χ0n) is 17.2. The van der Waals surface area contributed by atoms with Crippen LogP contribution in [-0.2, 0) is 23.4 Å². The van der Waals surface area contributed by atoms with Crippen molar-refractivity contribution < 1.29 is 9.90 Å². The number of carbonyl (C=O) groups is 1. The Bertz CT molecular complexity index is 849. The van der Waals surface area contributed by atoms with E-state index in [1.807, 2.05) is 54.3 Å². The van der Waals surface area contributed by atoms with E-state index in [0.29, 0.717) is 19.0 Å². The molecule has 1 atom stereocenters. The quantitative estimate of drug-likeness (QED) is 0.518. The molecule has 1 amide bonds. The molecule has 6 nitrogen and oxygen atoms in total. The van der Waals surface area contributed by atoms with Gasteiger partial charge in [0, 0.05) is 19.6 Å². The zero-order chi connectivity index (χ0) is 20.7. The minimum absolute atomic E-state index is 0.00604. The minimum atomic E-state index is -1.04. The van der Waals surface area contributed by atoms with Gasteiger partial charge in [0.25, 0.3) is 0 Å². The van der Waals surface area contributed by atoms with Crippen LogP contribution in [0.3, 0.4) is 0 Å². The molecule has 1 aliphatic rings. The fraction of sp³-hybridized carbons (Fsp3) is 0.391. The molecule has 0 aliphatic carbocycles. The van der Waals surface area contributed by atoms with Gasteiger partial charge < -0.3 is 20.6 Å². The molecule has 1 heterocycles. The summed E-state index contributed by atoms with van der Waals surface area (Å²) in [6, 6.07) is 17.8. The van der Waals surface area contributed by atoms with Gasteiger partial charge in [0.1, 0.15) is 12.1 Å². The Morgan fingerprint density at radius 1 is 1.10 bits per heavy atom. The number of aliphatic imine (C=N–C) groups is 1. The van der Waals surface area contributed by atoms with Gasteiger partial charge in [-0.25, -0.2) is 4.99 Å². The highest BCUT2D eigenvalue weighted by molar-refractivity contribution is 5.85. The number of nitrogens with one attached hydrogen (secondary N) is 2. The third kappa shape index (κ3) is 5.57. The monoisotopic (exact) mass is 394 g/mol. The number of hydrogen-bond donors (Lipinski definition) is 3. The largest absolute Gasteiger partial charge is 0.384 e. The predicted octanol–water partition coefficient (Wildman–Crippen LogP) is 2.03. The van der Waals surface area contributed by atoms with Crippen molar-refractivity contribution in [1.29, 1.82) is 0 Å². The van der Waals surface area contributed by atoms with Crippen molar-refractivity contribution in [2.24, 2.45) is 4.99 Å². The van der Waals surface area contributed by atoms with Crippen molar-refractivity contribution in [2.45, 2.75) is 32.4 Å². The predicted molar refractivity (Wildman–Crippen MR) is 116 cm³/mol. The summed E-state index contributed by atoms with van der Waals surface area (Å²) in [7, 11) is 0. The van der Waals surface area contributed by atoms with E-state index in [2.05, 4.69) is 27.8 Å². The number of benzene rings is 2. The van der Waals surface area contributed by atoms with Crippen molar-refractivity contribution >= 4 is 11.9 Å². The maximum Gasteiger partial charge on any atom is 0.244 e. The number of rotatable bonds is 6. The lowest BCUT2D eigenvalue weighted by Crippen LogP contribution is -2.45. The van der Waals surface area contributed by atoms with Crippen LogP contribution in [0.15, 0.2) is 59.6 Å². The lowest BCUT2D eigenvalue weighted by atomic mass is 9.96. The van der Waals surface area contributed by atoms with Crippen LogP contribution in [0.4, 0.5) is 0 Å². The number of amides is 1. The molecule has 0 fully saturated rings. The molecule has 1 aliphatic heterocycles. The number of aliphatic hydroxyl groups is 1. The fourth-order valence-corrected chi connectivity index (χ4v) is 3.45. The van der Waals surface area contributed by atoms with Crippen LogP contribution in [0, 0.1) is 0 Å². The Kier molecular flexibility index (Phi) is 6.88. The Morgan fingerprint density at radius 2 is 1.79 bits per heavy atom. The minimum Gasteiger partial charge on any atom is -0.384 e. The van der Waals surface area contributed by atoms with Crippen LogP contribution >= 0.6 is 0 Å². The van der Waals surface area contributed by atoms with Crippen molar-refractivity contribution in [3.05, 3.63) is 71.3 Å². The van der Waals surface area contributed by atoms with Crippen LogP contribution in [0.25, 0.3) is 0 Å². The lowest BCUT2D eigenvalue weighted by Gasteiger charge is -2.28. The van der Waals surface area contributed by atoms with E-state index in [1.54, 1.807) is 6.92 Å². The first-order chi connectivity index (χ1) is 14.0. The third-order valence-electron chi connectivity index (χ3n) is 5.20. The summed E-state index contributed by atoms with van der Waals surface area (Å²) in [6.45, 7) is 6.12. The first kappa shape index (κ1) is 20.9. The van der Waals surface area contributed by atoms with E-state index in [4.69, 9.17) is 0 Å². The second-order valence-corrected chi connectivity index (χ2v) is 7.52. The molecule has 3 N–H and O–H groups in total. The SMILES string of the molecule is CCNC(=NCC(=O)N1CCc2ccccc2C1)NCC(C)(O)c1ccccc1. The maximum atomic E-state index is 12.7. The van der Waals surface area contributed by atoms with Crippen molar-refractivity contribution in [1.82, 2.24) is 15.5 Å². The number of carbonyl (C=O) groups excluding carboxylic acids is 1. The molecule has 0 aromatic heterocycles. The standard InChI is InChI=1S/C23H30N4O2/c1-3-24-22(26-17-23(2,29)20-11-5-4-6-12-20)25-15-21(28)27-14-13-18-9-7-8-10-19(18)16-27/h4-12,29H,3,13-17H2,1-2H3,(H2,24,25,26). The van der Waals surface area contributed by atoms with E-state index in [0.717, 1.165) is 18.5 Å². The van der Waals surface area contributed by atoms with E-state index in [1.165, 1.54) is 11.1 Å². The van der Waals surface area contributed by atoms with Gasteiger partial charge >= 0.3 is 0 Å². The summed E-state index contributed by atoms with van der Waals surface area (Å²) in [5, 5.41) is 17.0. The molecular formula is C23H30N4O2. The van der Waals surface area contributed by atoms with Crippen LogP contribution in [0.2, 0.25) is 0 Å². The molecule has 3 rings (SSSR count). The molecule has 2 aromatic rings. The topological polar surface area (TPSA) is 77.0 Å². The summed E-state index contributed by atoms with van der Waals surface area (Å²) in [4.78, 5) is 18.9. The normalized spacial score (nSPS) is 16.0.